The van der Waals surface area contributed by atoms with Gasteiger partial charge in [0, 0.05) is 6.04 Å². The molecule has 1 aromatic carbocycles. The molecule has 0 aliphatic rings. The van der Waals surface area contributed by atoms with Crippen LogP contribution in [0.5, 0.6) is 0 Å². The number of benzene rings is 1. The summed E-state index contributed by atoms with van der Waals surface area (Å²) in [7, 11) is 0. The van der Waals surface area contributed by atoms with E-state index in [2.05, 4.69) is 0 Å². The molecule has 0 aliphatic carbocycles. The quantitative estimate of drug-likeness (QED) is 0.746. The Kier molecular flexibility index (Phi) is 3.04. The first-order valence-electron chi connectivity index (χ1n) is 4.58. The van der Waals surface area contributed by atoms with Crippen molar-refractivity contribution in [2.45, 2.75) is 33.2 Å². The van der Waals surface area contributed by atoms with Crippen LogP contribution in [0.25, 0.3) is 0 Å². The molecule has 0 radical (unpaired) electrons. The SMILES string of the molecule is CC[C@H](N)c1cc(C)c(F)c(C)c1. The van der Waals surface area contributed by atoms with Crippen LogP contribution in [-0.2, 0) is 0 Å². The van der Waals surface area contributed by atoms with E-state index in [0.717, 1.165) is 12.0 Å². The van der Waals surface area contributed by atoms with Gasteiger partial charge in [-0.3, -0.25) is 0 Å². The number of nitrogens with two attached hydrogens (primary N) is 1. The van der Waals surface area contributed by atoms with Gasteiger partial charge in [-0.25, -0.2) is 4.39 Å². The number of aryl methyl sites for hydroxylation is 2. The monoisotopic (exact) mass is 181 g/mol. The van der Waals surface area contributed by atoms with Gasteiger partial charge in [0.2, 0.25) is 0 Å². The number of halogens is 1. The lowest BCUT2D eigenvalue weighted by atomic mass is 10.00. The molecule has 0 amide bonds. The average Bonchev–Trinajstić information content (AvgIpc) is 2.12. The Morgan fingerprint density at radius 3 is 2.15 bits per heavy atom. The van der Waals surface area contributed by atoms with Crippen molar-refractivity contribution < 1.29 is 4.39 Å². The second-order valence-electron chi connectivity index (χ2n) is 3.48. The van der Waals surface area contributed by atoms with Crippen LogP contribution in [-0.4, -0.2) is 0 Å². The molecule has 0 saturated carbocycles. The van der Waals surface area contributed by atoms with Gasteiger partial charge in [0.15, 0.2) is 0 Å². The Bertz CT molecular complexity index is 284. The first kappa shape index (κ1) is 10.2. The zero-order valence-electron chi connectivity index (χ0n) is 8.39. The molecular weight excluding hydrogens is 165 g/mol. The summed E-state index contributed by atoms with van der Waals surface area (Å²) in [4.78, 5) is 0. The Hall–Kier alpha value is -0.890. The molecule has 1 aromatic rings. The Morgan fingerprint density at radius 2 is 1.77 bits per heavy atom. The van der Waals surface area contributed by atoms with E-state index >= 15 is 0 Å². The third-order valence-corrected chi connectivity index (χ3v) is 2.33. The minimum atomic E-state index is -0.118. The zero-order chi connectivity index (χ0) is 10.0. The van der Waals surface area contributed by atoms with Crippen molar-refractivity contribution in [3.8, 4) is 0 Å². The van der Waals surface area contributed by atoms with Gasteiger partial charge in [-0.05, 0) is 37.0 Å². The normalized spacial score (nSPS) is 13.0. The summed E-state index contributed by atoms with van der Waals surface area (Å²) in [6.07, 6.45) is 0.879. The maximum Gasteiger partial charge on any atom is 0.129 e. The van der Waals surface area contributed by atoms with Crippen LogP contribution in [0.2, 0.25) is 0 Å². The molecule has 0 spiro atoms. The van der Waals surface area contributed by atoms with Gasteiger partial charge in [-0.1, -0.05) is 19.1 Å². The van der Waals surface area contributed by atoms with E-state index in [-0.39, 0.29) is 11.9 Å². The highest BCUT2D eigenvalue weighted by Gasteiger charge is 2.08. The Morgan fingerprint density at radius 1 is 1.31 bits per heavy atom. The van der Waals surface area contributed by atoms with Gasteiger partial charge >= 0.3 is 0 Å². The molecule has 0 fully saturated rings. The standard InChI is InChI=1S/C11H16FN/c1-4-10(13)9-5-7(2)11(12)8(3)6-9/h5-6,10H,4,13H2,1-3H3/t10-/m0/s1. The van der Waals surface area contributed by atoms with E-state index in [1.807, 2.05) is 19.1 Å². The van der Waals surface area contributed by atoms with Crippen molar-refractivity contribution in [2.75, 3.05) is 0 Å². The fourth-order valence-corrected chi connectivity index (χ4v) is 1.43. The molecule has 2 heteroatoms. The zero-order valence-corrected chi connectivity index (χ0v) is 8.39. The summed E-state index contributed by atoms with van der Waals surface area (Å²) in [6, 6.07) is 3.69. The molecule has 1 rings (SSSR count). The van der Waals surface area contributed by atoms with Gasteiger partial charge in [0.25, 0.3) is 0 Å². The average molecular weight is 181 g/mol. The lowest BCUT2D eigenvalue weighted by Gasteiger charge is -2.12. The van der Waals surface area contributed by atoms with Crippen LogP contribution in [0.15, 0.2) is 12.1 Å². The highest BCUT2D eigenvalue weighted by atomic mass is 19.1. The maximum absolute atomic E-state index is 13.2. The van der Waals surface area contributed by atoms with Crippen LogP contribution in [0, 0.1) is 19.7 Å². The fourth-order valence-electron chi connectivity index (χ4n) is 1.43. The minimum absolute atomic E-state index is 0.0259. The predicted octanol–water partition coefficient (Wildman–Crippen LogP) is 2.85. The number of hydrogen-bond donors (Lipinski definition) is 1. The molecule has 72 valence electrons. The predicted molar refractivity (Wildman–Crippen MR) is 53.1 cm³/mol. The summed E-state index contributed by atoms with van der Waals surface area (Å²) < 4.78 is 13.2. The third-order valence-electron chi connectivity index (χ3n) is 2.33. The van der Waals surface area contributed by atoms with E-state index in [4.69, 9.17) is 5.73 Å². The number of hydrogen-bond acceptors (Lipinski definition) is 1. The first-order valence-corrected chi connectivity index (χ1v) is 4.58. The number of rotatable bonds is 2. The van der Waals surface area contributed by atoms with E-state index in [0.29, 0.717) is 11.1 Å². The highest BCUT2D eigenvalue weighted by molar-refractivity contribution is 5.32. The molecular formula is C11H16FN. The van der Waals surface area contributed by atoms with Gasteiger partial charge in [-0.15, -0.1) is 0 Å². The third kappa shape index (κ3) is 2.07. The molecule has 13 heavy (non-hydrogen) atoms. The van der Waals surface area contributed by atoms with Gasteiger partial charge in [0.05, 0.1) is 0 Å². The van der Waals surface area contributed by atoms with Gasteiger partial charge in [-0.2, -0.15) is 0 Å². The van der Waals surface area contributed by atoms with E-state index in [1.165, 1.54) is 0 Å². The largest absolute Gasteiger partial charge is 0.324 e. The molecule has 0 unspecified atom stereocenters. The lowest BCUT2D eigenvalue weighted by Crippen LogP contribution is -2.09. The van der Waals surface area contributed by atoms with E-state index < -0.39 is 0 Å². The Balaban J connectivity index is 3.13. The molecule has 0 bridgehead atoms. The van der Waals surface area contributed by atoms with Crippen molar-refractivity contribution in [3.05, 3.63) is 34.6 Å². The minimum Gasteiger partial charge on any atom is -0.324 e. The van der Waals surface area contributed by atoms with Crippen molar-refractivity contribution in [2.24, 2.45) is 5.73 Å². The van der Waals surface area contributed by atoms with Crippen molar-refractivity contribution in [1.29, 1.82) is 0 Å². The second kappa shape index (κ2) is 3.88. The van der Waals surface area contributed by atoms with Crippen LogP contribution in [0.1, 0.15) is 36.1 Å². The van der Waals surface area contributed by atoms with E-state index in [9.17, 15) is 4.39 Å². The fraction of sp³-hybridized carbons (Fsp3) is 0.455. The van der Waals surface area contributed by atoms with Gasteiger partial charge in [0.1, 0.15) is 5.82 Å². The molecule has 1 nitrogen and oxygen atoms in total. The lowest BCUT2D eigenvalue weighted by molar-refractivity contribution is 0.604. The maximum atomic E-state index is 13.2. The summed E-state index contributed by atoms with van der Waals surface area (Å²) in [5.41, 5.74) is 8.25. The topological polar surface area (TPSA) is 26.0 Å². The van der Waals surface area contributed by atoms with Crippen LogP contribution >= 0.6 is 0 Å². The van der Waals surface area contributed by atoms with Crippen LogP contribution in [0.4, 0.5) is 4.39 Å². The molecule has 0 aliphatic heterocycles. The van der Waals surface area contributed by atoms with Crippen molar-refractivity contribution in [1.82, 2.24) is 0 Å². The molecule has 2 N–H and O–H groups in total. The highest BCUT2D eigenvalue weighted by Crippen LogP contribution is 2.20. The van der Waals surface area contributed by atoms with Crippen LogP contribution < -0.4 is 5.73 Å². The molecule has 0 aromatic heterocycles. The summed E-state index contributed by atoms with van der Waals surface area (Å²) >= 11 is 0. The summed E-state index contributed by atoms with van der Waals surface area (Å²) in [6.45, 7) is 5.57. The van der Waals surface area contributed by atoms with Gasteiger partial charge < -0.3 is 5.73 Å². The second-order valence-corrected chi connectivity index (χ2v) is 3.48. The van der Waals surface area contributed by atoms with Crippen molar-refractivity contribution >= 4 is 0 Å². The summed E-state index contributed by atoms with van der Waals surface area (Å²) in [5, 5.41) is 0. The van der Waals surface area contributed by atoms with Crippen molar-refractivity contribution in [3.63, 3.8) is 0 Å². The van der Waals surface area contributed by atoms with Crippen LogP contribution in [0.3, 0.4) is 0 Å². The first-order chi connectivity index (χ1) is 6.06. The summed E-state index contributed by atoms with van der Waals surface area (Å²) in [5.74, 6) is -0.118. The Labute approximate surface area is 78.8 Å². The molecule has 0 heterocycles. The molecule has 0 saturated heterocycles. The smallest absolute Gasteiger partial charge is 0.129 e. The molecule has 1 atom stereocenters. The van der Waals surface area contributed by atoms with E-state index in [1.54, 1.807) is 13.8 Å².